The molecule has 0 spiro atoms. The summed E-state index contributed by atoms with van der Waals surface area (Å²) in [7, 11) is 0. The summed E-state index contributed by atoms with van der Waals surface area (Å²) in [6, 6.07) is 7.74. The van der Waals surface area contributed by atoms with E-state index in [1.54, 1.807) is 11.0 Å². The first-order valence-corrected chi connectivity index (χ1v) is 7.43. The molecule has 0 saturated carbocycles. The molecular formula is C15H19ClN4O. The third-order valence-corrected chi connectivity index (χ3v) is 3.76. The Morgan fingerprint density at radius 1 is 1.38 bits per heavy atom. The lowest BCUT2D eigenvalue weighted by Gasteiger charge is -2.27. The number of halogens is 1. The van der Waals surface area contributed by atoms with E-state index in [1.807, 2.05) is 24.3 Å². The molecule has 1 N–H and O–H groups in total. The van der Waals surface area contributed by atoms with E-state index in [4.69, 9.17) is 11.6 Å². The van der Waals surface area contributed by atoms with Crippen molar-refractivity contribution < 1.29 is 4.79 Å². The van der Waals surface area contributed by atoms with Crippen molar-refractivity contribution in [3.8, 4) is 0 Å². The van der Waals surface area contributed by atoms with Crippen molar-refractivity contribution >= 4 is 18.0 Å². The highest BCUT2D eigenvalue weighted by Gasteiger charge is 2.24. The molecule has 0 aliphatic heterocycles. The Morgan fingerprint density at radius 3 is 2.71 bits per heavy atom. The zero-order chi connectivity index (χ0) is 15.1. The second-order valence-electron chi connectivity index (χ2n) is 4.91. The lowest BCUT2D eigenvalue weighted by Crippen LogP contribution is -2.31. The van der Waals surface area contributed by atoms with E-state index in [0.717, 1.165) is 24.8 Å². The predicted molar refractivity (Wildman–Crippen MR) is 82.0 cm³/mol. The van der Waals surface area contributed by atoms with Gasteiger partial charge in [-0.2, -0.15) is 5.10 Å². The molecule has 0 fully saturated rings. The summed E-state index contributed by atoms with van der Waals surface area (Å²) in [4.78, 5) is 15.0. The van der Waals surface area contributed by atoms with Gasteiger partial charge in [-0.3, -0.25) is 4.79 Å². The molecule has 0 aliphatic carbocycles. The topological polar surface area (TPSA) is 59.8 Å². The standard InChI is InChI=1S/C15H19ClN4O/c1-2-3-4-14(12-5-7-13(16)8-6-12)15(18-11-21)20-10-17-9-19-20/h5-11,14-15H,2-4H2,1H3,(H,18,21). The number of rotatable bonds is 8. The van der Waals surface area contributed by atoms with Gasteiger partial charge in [-0.25, -0.2) is 9.67 Å². The summed E-state index contributed by atoms with van der Waals surface area (Å²) < 4.78 is 1.68. The molecule has 112 valence electrons. The van der Waals surface area contributed by atoms with Crippen LogP contribution in [0, 0.1) is 0 Å². The molecule has 2 aromatic rings. The largest absolute Gasteiger partial charge is 0.336 e. The molecule has 0 aliphatic rings. The Labute approximate surface area is 129 Å². The van der Waals surface area contributed by atoms with Crippen LogP contribution < -0.4 is 5.32 Å². The van der Waals surface area contributed by atoms with Gasteiger partial charge in [0.25, 0.3) is 0 Å². The Bertz CT molecular complexity index is 541. The van der Waals surface area contributed by atoms with Gasteiger partial charge in [-0.1, -0.05) is 43.5 Å². The first-order chi connectivity index (χ1) is 10.3. The van der Waals surface area contributed by atoms with Crippen LogP contribution in [0.25, 0.3) is 0 Å². The number of amides is 1. The zero-order valence-corrected chi connectivity index (χ0v) is 12.7. The molecule has 5 nitrogen and oxygen atoms in total. The minimum Gasteiger partial charge on any atom is -0.336 e. The quantitative estimate of drug-likeness (QED) is 0.762. The summed E-state index contributed by atoms with van der Waals surface area (Å²) >= 11 is 5.96. The van der Waals surface area contributed by atoms with E-state index < -0.39 is 0 Å². The summed E-state index contributed by atoms with van der Waals surface area (Å²) in [6.07, 6.45) is 6.66. The molecule has 1 aromatic heterocycles. The molecule has 2 rings (SSSR count). The van der Waals surface area contributed by atoms with E-state index in [1.165, 1.54) is 6.33 Å². The number of nitrogens with zero attached hydrogens (tertiary/aromatic N) is 3. The van der Waals surface area contributed by atoms with Crippen molar-refractivity contribution in [1.82, 2.24) is 20.1 Å². The number of hydrogen-bond acceptors (Lipinski definition) is 3. The Morgan fingerprint density at radius 2 is 2.14 bits per heavy atom. The van der Waals surface area contributed by atoms with E-state index >= 15 is 0 Å². The Balaban J connectivity index is 2.31. The number of benzene rings is 1. The summed E-state index contributed by atoms with van der Waals surface area (Å²) in [5, 5.41) is 7.72. The van der Waals surface area contributed by atoms with Crippen LogP contribution in [-0.2, 0) is 4.79 Å². The van der Waals surface area contributed by atoms with Crippen LogP contribution in [0.5, 0.6) is 0 Å². The average Bonchev–Trinajstić information content (AvgIpc) is 3.02. The zero-order valence-electron chi connectivity index (χ0n) is 11.9. The summed E-state index contributed by atoms with van der Waals surface area (Å²) in [5.41, 5.74) is 1.13. The second kappa shape index (κ2) is 7.78. The first-order valence-electron chi connectivity index (χ1n) is 7.05. The Kier molecular flexibility index (Phi) is 5.75. The number of nitrogens with one attached hydrogen (secondary N) is 1. The second-order valence-corrected chi connectivity index (χ2v) is 5.34. The van der Waals surface area contributed by atoms with Crippen molar-refractivity contribution in [3.63, 3.8) is 0 Å². The smallest absolute Gasteiger partial charge is 0.208 e. The number of carbonyl (C=O) groups excluding carboxylic acids is 1. The van der Waals surface area contributed by atoms with Crippen molar-refractivity contribution in [2.75, 3.05) is 0 Å². The SMILES string of the molecule is CCCCC(c1ccc(Cl)cc1)C(NC=O)n1cncn1. The van der Waals surface area contributed by atoms with Gasteiger partial charge in [0.15, 0.2) is 0 Å². The molecule has 1 aromatic carbocycles. The van der Waals surface area contributed by atoms with Gasteiger partial charge in [0.2, 0.25) is 6.41 Å². The molecule has 1 heterocycles. The van der Waals surface area contributed by atoms with Gasteiger partial charge in [0.05, 0.1) is 0 Å². The lowest BCUT2D eigenvalue weighted by molar-refractivity contribution is -0.111. The van der Waals surface area contributed by atoms with Crippen molar-refractivity contribution in [1.29, 1.82) is 0 Å². The van der Waals surface area contributed by atoms with Gasteiger partial charge in [0, 0.05) is 10.9 Å². The lowest BCUT2D eigenvalue weighted by atomic mass is 9.90. The maximum Gasteiger partial charge on any atom is 0.208 e. The van der Waals surface area contributed by atoms with E-state index in [2.05, 4.69) is 22.3 Å². The fourth-order valence-corrected chi connectivity index (χ4v) is 2.57. The molecule has 0 radical (unpaired) electrons. The van der Waals surface area contributed by atoms with E-state index in [9.17, 15) is 4.79 Å². The average molecular weight is 307 g/mol. The van der Waals surface area contributed by atoms with Gasteiger partial charge in [0.1, 0.15) is 18.8 Å². The van der Waals surface area contributed by atoms with Crippen LogP contribution in [0.2, 0.25) is 5.02 Å². The van der Waals surface area contributed by atoms with Crippen molar-refractivity contribution in [2.24, 2.45) is 0 Å². The van der Waals surface area contributed by atoms with Crippen LogP contribution in [0.15, 0.2) is 36.9 Å². The predicted octanol–water partition coefficient (Wildman–Crippen LogP) is 3.15. The highest BCUT2D eigenvalue weighted by molar-refractivity contribution is 6.30. The highest BCUT2D eigenvalue weighted by Crippen LogP contribution is 2.31. The van der Waals surface area contributed by atoms with Crippen LogP contribution in [0.3, 0.4) is 0 Å². The monoisotopic (exact) mass is 306 g/mol. The highest BCUT2D eigenvalue weighted by atomic mass is 35.5. The van der Waals surface area contributed by atoms with Gasteiger partial charge in [-0.05, 0) is 24.1 Å². The Hall–Kier alpha value is -1.88. The maximum absolute atomic E-state index is 11.0. The fraction of sp³-hybridized carbons (Fsp3) is 0.400. The minimum atomic E-state index is -0.252. The third-order valence-electron chi connectivity index (χ3n) is 3.51. The van der Waals surface area contributed by atoms with Gasteiger partial charge in [-0.15, -0.1) is 0 Å². The summed E-state index contributed by atoms with van der Waals surface area (Å²) in [6.45, 7) is 2.15. The third kappa shape index (κ3) is 4.04. The van der Waals surface area contributed by atoms with E-state index in [0.29, 0.717) is 11.4 Å². The number of unbranched alkanes of at least 4 members (excludes halogenated alkanes) is 1. The normalized spacial score (nSPS) is 13.6. The molecule has 2 unspecified atom stereocenters. The molecule has 6 heteroatoms. The molecular weight excluding hydrogens is 288 g/mol. The number of aromatic nitrogens is 3. The molecule has 2 atom stereocenters. The van der Waals surface area contributed by atoms with Crippen LogP contribution in [0.1, 0.15) is 43.8 Å². The molecule has 21 heavy (non-hydrogen) atoms. The molecule has 1 amide bonds. The van der Waals surface area contributed by atoms with Crippen LogP contribution >= 0.6 is 11.6 Å². The first kappa shape index (κ1) is 15.5. The van der Waals surface area contributed by atoms with Crippen molar-refractivity contribution in [2.45, 2.75) is 38.3 Å². The summed E-state index contributed by atoms with van der Waals surface area (Å²) in [5.74, 6) is 0.120. The number of carbonyl (C=O) groups is 1. The van der Waals surface area contributed by atoms with Crippen molar-refractivity contribution in [3.05, 3.63) is 47.5 Å². The number of hydrogen-bond donors (Lipinski definition) is 1. The van der Waals surface area contributed by atoms with Crippen LogP contribution in [0.4, 0.5) is 0 Å². The fourth-order valence-electron chi connectivity index (χ4n) is 2.45. The van der Waals surface area contributed by atoms with E-state index in [-0.39, 0.29) is 12.1 Å². The molecule has 0 bridgehead atoms. The van der Waals surface area contributed by atoms with Crippen LogP contribution in [-0.4, -0.2) is 21.2 Å². The van der Waals surface area contributed by atoms with Gasteiger partial charge < -0.3 is 5.32 Å². The molecule has 0 saturated heterocycles. The maximum atomic E-state index is 11.0. The van der Waals surface area contributed by atoms with Gasteiger partial charge >= 0.3 is 0 Å². The minimum absolute atomic E-state index is 0.120.